The van der Waals surface area contributed by atoms with Crippen LogP contribution in [0.4, 0.5) is 10.3 Å². The Morgan fingerprint density at radius 1 is 1.35 bits per heavy atom. The largest absolute Gasteiger partial charge is 0.369 e. The SMILES string of the molecule is Cn1c(N)nc(Br)c1CCc1ccccc1F. The molecule has 0 fully saturated rings. The standard InChI is InChI=1S/C12H13BrFN3/c1-17-10(11(13)16-12(17)15)7-6-8-4-2-3-5-9(8)14/h2-5H,6-7H2,1H3,(H2,15,16). The Balaban J connectivity index is 2.15. The van der Waals surface area contributed by atoms with Gasteiger partial charge >= 0.3 is 0 Å². The minimum atomic E-state index is -0.168. The summed E-state index contributed by atoms with van der Waals surface area (Å²) in [5.74, 6) is 0.291. The molecular weight excluding hydrogens is 285 g/mol. The second kappa shape index (κ2) is 4.87. The summed E-state index contributed by atoms with van der Waals surface area (Å²) in [5, 5.41) is 0. The number of rotatable bonds is 3. The van der Waals surface area contributed by atoms with Crippen molar-refractivity contribution in [3.63, 3.8) is 0 Å². The molecule has 1 heterocycles. The smallest absolute Gasteiger partial charge is 0.201 e. The number of hydrogen-bond donors (Lipinski definition) is 1. The van der Waals surface area contributed by atoms with Crippen LogP contribution in [0.15, 0.2) is 28.9 Å². The molecule has 3 nitrogen and oxygen atoms in total. The van der Waals surface area contributed by atoms with Crippen LogP contribution in [0.2, 0.25) is 0 Å². The van der Waals surface area contributed by atoms with E-state index in [1.807, 2.05) is 17.7 Å². The highest BCUT2D eigenvalue weighted by Gasteiger charge is 2.11. The topological polar surface area (TPSA) is 43.8 Å². The molecule has 2 rings (SSSR count). The summed E-state index contributed by atoms with van der Waals surface area (Å²) in [6.07, 6.45) is 1.33. The normalized spacial score (nSPS) is 10.8. The number of hydrogen-bond acceptors (Lipinski definition) is 2. The molecule has 0 amide bonds. The summed E-state index contributed by atoms with van der Waals surface area (Å²) in [7, 11) is 1.85. The molecule has 0 aliphatic rings. The van der Waals surface area contributed by atoms with E-state index in [1.165, 1.54) is 6.07 Å². The minimum absolute atomic E-state index is 0.168. The van der Waals surface area contributed by atoms with Crippen LogP contribution in [0, 0.1) is 5.82 Å². The van der Waals surface area contributed by atoms with Crippen LogP contribution >= 0.6 is 15.9 Å². The third-order valence-corrected chi connectivity index (χ3v) is 3.42. The van der Waals surface area contributed by atoms with Crippen molar-refractivity contribution in [2.45, 2.75) is 12.8 Å². The number of aromatic nitrogens is 2. The number of halogens is 2. The molecule has 0 aliphatic heterocycles. The first kappa shape index (κ1) is 12.1. The fourth-order valence-electron chi connectivity index (χ4n) is 1.74. The maximum Gasteiger partial charge on any atom is 0.201 e. The van der Waals surface area contributed by atoms with E-state index in [2.05, 4.69) is 20.9 Å². The van der Waals surface area contributed by atoms with Crippen molar-refractivity contribution in [1.29, 1.82) is 0 Å². The summed E-state index contributed by atoms with van der Waals surface area (Å²) in [6, 6.07) is 6.80. The minimum Gasteiger partial charge on any atom is -0.369 e. The molecule has 0 aliphatic carbocycles. The lowest BCUT2D eigenvalue weighted by molar-refractivity contribution is 0.607. The summed E-state index contributed by atoms with van der Waals surface area (Å²) < 4.78 is 16.0. The van der Waals surface area contributed by atoms with Crippen LogP contribution in [-0.4, -0.2) is 9.55 Å². The van der Waals surface area contributed by atoms with Gasteiger partial charge in [0.05, 0.1) is 5.69 Å². The maximum atomic E-state index is 13.4. The van der Waals surface area contributed by atoms with E-state index in [0.717, 1.165) is 10.3 Å². The third kappa shape index (κ3) is 2.49. The predicted molar refractivity (Wildman–Crippen MR) is 69.1 cm³/mol. The summed E-state index contributed by atoms with van der Waals surface area (Å²) in [4.78, 5) is 4.11. The summed E-state index contributed by atoms with van der Waals surface area (Å²) in [5.41, 5.74) is 7.37. The van der Waals surface area contributed by atoms with Gasteiger partial charge in [-0.2, -0.15) is 0 Å². The zero-order chi connectivity index (χ0) is 12.4. The maximum absolute atomic E-state index is 13.4. The highest BCUT2D eigenvalue weighted by atomic mass is 79.9. The van der Waals surface area contributed by atoms with E-state index in [1.54, 1.807) is 12.1 Å². The molecule has 0 atom stereocenters. The van der Waals surface area contributed by atoms with Gasteiger partial charge in [-0.05, 0) is 40.4 Å². The molecule has 90 valence electrons. The summed E-state index contributed by atoms with van der Waals surface area (Å²) in [6.45, 7) is 0. The first-order chi connectivity index (χ1) is 8.09. The van der Waals surface area contributed by atoms with Gasteiger partial charge in [0.15, 0.2) is 0 Å². The number of aryl methyl sites for hydroxylation is 1. The Kier molecular flexibility index (Phi) is 3.47. The number of nitrogens with two attached hydrogens (primary N) is 1. The lowest BCUT2D eigenvalue weighted by Gasteiger charge is -2.05. The molecule has 2 N–H and O–H groups in total. The Bertz CT molecular complexity index is 537. The van der Waals surface area contributed by atoms with Gasteiger partial charge < -0.3 is 10.3 Å². The molecule has 1 aromatic heterocycles. The highest BCUT2D eigenvalue weighted by Crippen LogP contribution is 2.20. The van der Waals surface area contributed by atoms with Crippen LogP contribution in [0.1, 0.15) is 11.3 Å². The van der Waals surface area contributed by atoms with Crippen LogP contribution < -0.4 is 5.73 Å². The van der Waals surface area contributed by atoms with E-state index in [-0.39, 0.29) is 5.82 Å². The predicted octanol–water partition coefficient (Wildman–Crippen LogP) is 2.69. The fraction of sp³-hybridized carbons (Fsp3) is 0.250. The Labute approximate surface area is 108 Å². The van der Waals surface area contributed by atoms with E-state index in [0.29, 0.717) is 24.4 Å². The van der Waals surface area contributed by atoms with Gasteiger partial charge in [-0.15, -0.1) is 0 Å². The van der Waals surface area contributed by atoms with Crippen molar-refractivity contribution in [3.05, 3.63) is 45.9 Å². The van der Waals surface area contributed by atoms with Crippen LogP contribution in [0.25, 0.3) is 0 Å². The molecule has 0 unspecified atom stereocenters. The quantitative estimate of drug-likeness (QED) is 0.947. The van der Waals surface area contributed by atoms with Crippen molar-refractivity contribution in [1.82, 2.24) is 9.55 Å². The van der Waals surface area contributed by atoms with Crippen molar-refractivity contribution >= 4 is 21.9 Å². The van der Waals surface area contributed by atoms with Gasteiger partial charge in [0.25, 0.3) is 0 Å². The Hall–Kier alpha value is -1.36. The molecular formula is C12H13BrFN3. The molecule has 2 aromatic rings. The van der Waals surface area contributed by atoms with Crippen molar-refractivity contribution < 1.29 is 4.39 Å². The lowest BCUT2D eigenvalue weighted by atomic mass is 10.1. The van der Waals surface area contributed by atoms with Gasteiger partial charge in [-0.25, -0.2) is 9.37 Å². The molecule has 0 spiro atoms. The molecule has 0 bridgehead atoms. The zero-order valence-electron chi connectivity index (χ0n) is 9.45. The van der Waals surface area contributed by atoms with E-state index in [9.17, 15) is 4.39 Å². The monoisotopic (exact) mass is 297 g/mol. The van der Waals surface area contributed by atoms with Crippen LogP contribution in [0.3, 0.4) is 0 Å². The third-order valence-electron chi connectivity index (χ3n) is 2.79. The first-order valence-corrected chi connectivity index (χ1v) is 6.09. The number of nitrogen functional groups attached to an aromatic ring is 1. The van der Waals surface area contributed by atoms with Crippen molar-refractivity contribution in [3.8, 4) is 0 Å². The van der Waals surface area contributed by atoms with E-state index in [4.69, 9.17) is 5.73 Å². The van der Waals surface area contributed by atoms with Gasteiger partial charge in [-0.3, -0.25) is 0 Å². The number of benzene rings is 1. The molecule has 0 radical (unpaired) electrons. The Morgan fingerprint density at radius 2 is 2.06 bits per heavy atom. The van der Waals surface area contributed by atoms with Gasteiger partial charge in [0, 0.05) is 7.05 Å². The lowest BCUT2D eigenvalue weighted by Crippen LogP contribution is -2.03. The second-order valence-corrected chi connectivity index (χ2v) is 4.61. The zero-order valence-corrected chi connectivity index (χ0v) is 11.0. The van der Waals surface area contributed by atoms with Crippen LogP contribution in [0.5, 0.6) is 0 Å². The molecule has 1 aromatic carbocycles. The first-order valence-electron chi connectivity index (χ1n) is 5.29. The van der Waals surface area contributed by atoms with Crippen LogP contribution in [-0.2, 0) is 19.9 Å². The second-order valence-electron chi connectivity index (χ2n) is 3.86. The number of imidazole rings is 1. The molecule has 0 saturated heterocycles. The number of nitrogens with zero attached hydrogens (tertiary/aromatic N) is 2. The molecule has 17 heavy (non-hydrogen) atoms. The molecule has 0 saturated carbocycles. The number of anilines is 1. The fourth-order valence-corrected chi connectivity index (χ4v) is 2.39. The van der Waals surface area contributed by atoms with Gasteiger partial charge in [0.1, 0.15) is 10.4 Å². The van der Waals surface area contributed by atoms with Crippen molar-refractivity contribution in [2.75, 3.05) is 5.73 Å². The average Bonchev–Trinajstić information content (AvgIpc) is 2.53. The molecule has 5 heteroatoms. The van der Waals surface area contributed by atoms with Gasteiger partial charge in [0.2, 0.25) is 5.95 Å². The summed E-state index contributed by atoms with van der Waals surface area (Å²) >= 11 is 3.35. The van der Waals surface area contributed by atoms with E-state index < -0.39 is 0 Å². The highest BCUT2D eigenvalue weighted by molar-refractivity contribution is 9.10. The van der Waals surface area contributed by atoms with Crippen molar-refractivity contribution in [2.24, 2.45) is 7.05 Å². The van der Waals surface area contributed by atoms with E-state index >= 15 is 0 Å². The Morgan fingerprint density at radius 3 is 2.65 bits per heavy atom. The average molecular weight is 298 g/mol. The van der Waals surface area contributed by atoms with Gasteiger partial charge in [-0.1, -0.05) is 18.2 Å².